The Morgan fingerprint density at radius 1 is 1.14 bits per heavy atom. The second kappa shape index (κ2) is 9.48. The first-order valence-electron chi connectivity index (χ1n) is 12.0. The molecular formula is C25H29N9O2. The Bertz CT molecular complexity index is 1390. The molecule has 0 bridgehead atoms. The highest BCUT2D eigenvalue weighted by molar-refractivity contribution is 5.89. The molecule has 36 heavy (non-hydrogen) atoms. The van der Waals surface area contributed by atoms with E-state index in [0.29, 0.717) is 23.4 Å². The molecule has 1 amide bonds. The summed E-state index contributed by atoms with van der Waals surface area (Å²) >= 11 is 0. The Morgan fingerprint density at radius 2 is 2.00 bits per heavy atom. The van der Waals surface area contributed by atoms with E-state index in [2.05, 4.69) is 46.9 Å². The van der Waals surface area contributed by atoms with Crippen molar-refractivity contribution in [2.75, 3.05) is 5.32 Å². The molecule has 1 aromatic carbocycles. The van der Waals surface area contributed by atoms with E-state index in [4.69, 9.17) is 4.52 Å². The molecule has 0 fully saturated rings. The van der Waals surface area contributed by atoms with Crippen LogP contribution in [0, 0.1) is 0 Å². The van der Waals surface area contributed by atoms with Crippen LogP contribution in [-0.4, -0.2) is 40.8 Å². The second-order valence-corrected chi connectivity index (χ2v) is 9.99. The van der Waals surface area contributed by atoms with Gasteiger partial charge in [0.1, 0.15) is 6.33 Å². The van der Waals surface area contributed by atoms with Gasteiger partial charge in [-0.15, -0.1) is 0 Å². The van der Waals surface area contributed by atoms with Gasteiger partial charge in [-0.1, -0.05) is 44.5 Å². The summed E-state index contributed by atoms with van der Waals surface area (Å²) in [6, 6.07) is 7.83. The van der Waals surface area contributed by atoms with Crippen LogP contribution in [0.15, 0.2) is 41.3 Å². The zero-order chi connectivity index (χ0) is 25.3. The van der Waals surface area contributed by atoms with Crippen LogP contribution in [0.1, 0.15) is 73.7 Å². The largest absolute Gasteiger partial charge is 0.341 e. The number of hydrogen-bond acceptors (Lipinski definition) is 9. The molecule has 186 valence electrons. The minimum absolute atomic E-state index is 0.0135. The minimum Gasteiger partial charge on any atom is -0.341 e. The number of fused-ring (bicyclic) bond motifs is 1. The molecule has 1 aliphatic carbocycles. The van der Waals surface area contributed by atoms with Crippen LogP contribution >= 0.6 is 0 Å². The van der Waals surface area contributed by atoms with Gasteiger partial charge in [0, 0.05) is 30.3 Å². The van der Waals surface area contributed by atoms with Gasteiger partial charge < -0.3 is 15.2 Å². The van der Waals surface area contributed by atoms with Crippen LogP contribution < -0.4 is 10.6 Å². The van der Waals surface area contributed by atoms with Gasteiger partial charge in [-0.05, 0) is 36.5 Å². The van der Waals surface area contributed by atoms with E-state index in [1.165, 1.54) is 6.33 Å². The monoisotopic (exact) mass is 487 g/mol. The van der Waals surface area contributed by atoms with Crippen LogP contribution in [0.2, 0.25) is 0 Å². The van der Waals surface area contributed by atoms with Crippen molar-refractivity contribution >= 4 is 17.7 Å². The quantitative estimate of drug-likeness (QED) is 0.402. The van der Waals surface area contributed by atoms with Crippen molar-refractivity contribution in [1.82, 2.24) is 40.2 Å². The Labute approximate surface area is 208 Å². The highest BCUT2D eigenvalue weighted by atomic mass is 16.5. The number of carbonyl (C=O) groups excluding carboxylic acids is 1. The maximum absolute atomic E-state index is 12.9. The van der Waals surface area contributed by atoms with Gasteiger partial charge in [0.25, 0.3) is 0 Å². The van der Waals surface area contributed by atoms with Crippen molar-refractivity contribution in [2.45, 2.75) is 57.9 Å². The first kappa shape index (κ1) is 23.6. The third kappa shape index (κ3) is 5.09. The number of aromatic nitrogens is 7. The molecule has 0 saturated carbocycles. The van der Waals surface area contributed by atoms with E-state index in [-0.39, 0.29) is 23.3 Å². The van der Waals surface area contributed by atoms with E-state index >= 15 is 0 Å². The fourth-order valence-corrected chi connectivity index (χ4v) is 4.20. The molecular weight excluding hydrogens is 458 g/mol. The van der Waals surface area contributed by atoms with Crippen molar-refractivity contribution in [3.63, 3.8) is 0 Å². The van der Waals surface area contributed by atoms with E-state index in [9.17, 15) is 4.79 Å². The van der Waals surface area contributed by atoms with Gasteiger partial charge >= 0.3 is 11.8 Å². The number of nitrogens with zero attached hydrogens (tertiary/aromatic N) is 7. The molecule has 2 N–H and O–H groups in total. The zero-order valence-corrected chi connectivity index (χ0v) is 20.8. The lowest BCUT2D eigenvalue weighted by Crippen LogP contribution is -2.29. The van der Waals surface area contributed by atoms with E-state index in [1.807, 2.05) is 52.2 Å². The number of aryl methyl sites for hydroxylation is 2. The first-order chi connectivity index (χ1) is 17.3. The molecule has 3 heterocycles. The number of amides is 1. The molecule has 0 unspecified atom stereocenters. The van der Waals surface area contributed by atoms with Gasteiger partial charge in [0.2, 0.25) is 5.95 Å². The van der Waals surface area contributed by atoms with Crippen molar-refractivity contribution in [3.05, 3.63) is 59.6 Å². The minimum atomic E-state index is -0.359. The van der Waals surface area contributed by atoms with Crippen molar-refractivity contribution in [3.8, 4) is 11.4 Å². The van der Waals surface area contributed by atoms with Crippen LogP contribution in [0.3, 0.4) is 0 Å². The molecule has 4 aromatic rings. The molecule has 0 radical (unpaired) electrons. The Morgan fingerprint density at radius 3 is 2.75 bits per heavy atom. The Hall–Kier alpha value is -4.15. The SMILES string of the molecule is Cn1ccc(Nc2ncnc(-c3ccc4c(c3)CCCC[C@@H]4NC(=O)c3nc(C(C)(C)C)no3)n2)n1. The third-order valence-electron chi connectivity index (χ3n) is 6.09. The summed E-state index contributed by atoms with van der Waals surface area (Å²) in [5.74, 6) is 1.78. The standard InChI is InChI=1S/C25H29N9O2/c1-25(2,3)23-31-22(36-33-23)21(35)28-18-8-6-5-7-15-13-16(9-10-17(15)18)20-26-14-27-24(30-20)29-19-11-12-34(4)32-19/h9-14,18H,5-8H2,1-4H3,(H,28,35)(H,26,27,29,30,32)/t18-/m0/s1. The fourth-order valence-electron chi connectivity index (χ4n) is 4.20. The molecule has 11 heteroatoms. The average molecular weight is 488 g/mol. The van der Waals surface area contributed by atoms with Crippen LogP contribution in [0.4, 0.5) is 11.8 Å². The van der Waals surface area contributed by atoms with Gasteiger partial charge in [0.15, 0.2) is 17.5 Å². The number of rotatable bonds is 5. The Kier molecular flexibility index (Phi) is 6.21. The molecule has 0 aliphatic heterocycles. The third-order valence-corrected chi connectivity index (χ3v) is 6.09. The van der Waals surface area contributed by atoms with Crippen LogP contribution in [0.25, 0.3) is 11.4 Å². The molecule has 0 spiro atoms. The molecule has 1 atom stereocenters. The lowest BCUT2D eigenvalue weighted by molar-refractivity contribution is 0.0890. The van der Waals surface area contributed by atoms with Gasteiger partial charge in [-0.3, -0.25) is 9.48 Å². The number of carbonyl (C=O) groups is 1. The second-order valence-electron chi connectivity index (χ2n) is 9.99. The van der Waals surface area contributed by atoms with Crippen LogP contribution in [-0.2, 0) is 18.9 Å². The van der Waals surface area contributed by atoms with Gasteiger partial charge in [-0.25, -0.2) is 9.97 Å². The number of benzene rings is 1. The van der Waals surface area contributed by atoms with Gasteiger partial charge in [0.05, 0.1) is 6.04 Å². The number of anilines is 2. The number of nitrogens with one attached hydrogen (secondary N) is 2. The van der Waals surface area contributed by atoms with E-state index in [1.54, 1.807) is 4.68 Å². The van der Waals surface area contributed by atoms with Crippen molar-refractivity contribution in [1.29, 1.82) is 0 Å². The molecule has 3 aromatic heterocycles. The normalized spacial score (nSPS) is 15.7. The summed E-state index contributed by atoms with van der Waals surface area (Å²) in [6.07, 6.45) is 7.10. The summed E-state index contributed by atoms with van der Waals surface area (Å²) in [4.78, 5) is 30.4. The van der Waals surface area contributed by atoms with Crippen molar-refractivity contribution < 1.29 is 9.32 Å². The summed E-state index contributed by atoms with van der Waals surface area (Å²) < 4.78 is 6.94. The summed E-state index contributed by atoms with van der Waals surface area (Å²) in [7, 11) is 1.85. The lowest BCUT2D eigenvalue weighted by Gasteiger charge is -2.19. The topological polar surface area (TPSA) is 137 Å². The summed E-state index contributed by atoms with van der Waals surface area (Å²) in [5.41, 5.74) is 2.84. The molecule has 11 nitrogen and oxygen atoms in total. The average Bonchev–Trinajstić information content (AvgIpc) is 3.46. The molecule has 1 aliphatic rings. The lowest BCUT2D eigenvalue weighted by atomic mass is 9.96. The van der Waals surface area contributed by atoms with E-state index in [0.717, 1.165) is 42.4 Å². The predicted octanol–water partition coefficient (Wildman–Crippen LogP) is 3.89. The maximum atomic E-state index is 12.9. The highest BCUT2D eigenvalue weighted by Crippen LogP contribution is 2.32. The smallest absolute Gasteiger partial charge is 0.315 e. The van der Waals surface area contributed by atoms with Crippen molar-refractivity contribution in [2.24, 2.45) is 7.05 Å². The van der Waals surface area contributed by atoms with Crippen LogP contribution in [0.5, 0.6) is 0 Å². The fraction of sp³-hybridized carbons (Fsp3) is 0.400. The van der Waals surface area contributed by atoms with E-state index < -0.39 is 0 Å². The highest BCUT2D eigenvalue weighted by Gasteiger charge is 2.27. The zero-order valence-electron chi connectivity index (χ0n) is 20.8. The number of hydrogen-bond donors (Lipinski definition) is 2. The molecule has 0 saturated heterocycles. The molecule has 5 rings (SSSR count). The van der Waals surface area contributed by atoms with Gasteiger partial charge in [-0.2, -0.15) is 15.1 Å². The predicted molar refractivity (Wildman–Crippen MR) is 133 cm³/mol. The maximum Gasteiger partial charge on any atom is 0.315 e. The summed E-state index contributed by atoms with van der Waals surface area (Å²) in [6.45, 7) is 5.92. The summed E-state index contributed by atoms with van der Waals surface area (Å²) in [5, 5.41) is 14.5. The first-order valence-corrected chi connectivity index (χ1v) is 12.0. The Balaban J connectivity index is 1.36.